The van der Waals surface area contributed by atoms with Gasteiger partial charge in [-0.2, -0.15) is 10.1 Å². The molecule has 4 N–H and O–H groups in total. The molecule has 3 rings (SSSR count). The summed E-state index contributed by atoms with van der Waals surface area (Å²) in [6.07, 6.45) is 2.74. The fourth-order valence-electron chi connectivity index (χ4n) is 1.73. The number of hydrogen-bond acceptors (Lipinski definition) is 6. The summed E-state index contributed by atoms with van der Waals surface area (Å²) in [5, 5.41) is 28.8. The predicted molar refractivity (Wildman–Crippen MR) is 77.2 cm³/mol. The number of carbonyl (C=O) groups is 1. The van der Waals surface area contributed by atoms with Crippen LogP contribution in [0.3, 0.4) is 0 Å². The second-order valence-corrected chi connectivity index (χ2v) is 4.03. The first-order chi connectivity index (χ1) is 9.63. The zero-order valence-electron chi connectivity index (χ0n) is 10.0. The number of nitrogens with zero attached hydrogens (tertiary/aromatic N) is 3. The Kier molecular flexibility index (Phi) is 4.41. The van der Waals surface area contributed by atoms with Crippen molar-refractivity contribution >= 4 is 58.1 Å². The van der Waals surface area contributed by atoms with Crippen molar-refractivity contribution in [1.29, 1.82) is 0 Å². The number of aromatic hydroxyl groups is 1. The predicted octanol–water partition coefficient (Wildman–Crippen LogP) is 0.852. The van der Waals surface area contributed by atoms with Crippen LogP contribution >= 0.6 is 0 Å². The molecular formula is C12H10N5NaO3. The molecule has 3 aromatic rings. The van der Waals surface area contributed by atoms with Crippen molar-refractivity contribution in [2.45, 2.75) is 0 Å². The topological polar surface area (TPSA) is 124 Å². The standard InChI is InChI=1S/C12H9N5O3.Na.H/c18-10-8(11(19)20)5-13-12(16-10)15-7-2-1-6-4-14-17-9(6)3-7;;/h1-5H,(H,14,17)(H,19,20)(H2,13,15,16,18);;. The quantitative estimate of drug-likeness (QED) is 0.528. The van der Waals surface area contributed by atoms with Crippen LogP contribution in [0.1, 0.15) is 10.4 Å². The number of rotatable bonds is 3. The van der Waals surface area contributed by atoms with Gasteiger partial charge in [-0.15, -0.1) is 0 Å². The van der Waals surface area contributed by atoms with Crippen LogP contribution in [0.4, 0.5) is 11.6 Å². The molecule has 0 bridgehead atoms. The van der Waals surface area contributed by atoms with E-state index in [4.69, 9.17) is 5.11 Å². The monoisotopic (exact) mass is 295 g/mol. The number of anilines is 2. The van der Waals surface area contributed by atoms with Crippen molar-refractivity contribution in [3.05, 3.63) is 36.2 Å². The van der Waals surface area contributed by atoms with Crippen molar-refractivity contribution < 1.29 is 15.0 Å². The van der Waals surface area contributed by atoms with Crippen LogP contribution in [-0.2, 0) is 0 Å². The van der Waals surface area contributed by atoms with E-state index in [0.717, 1.165) is 17.1 Å². The molecule has 9 heteroatoms. The van der Waals surface area contributed by atoms with Crippen LogP contribution in [0.25, 0.3) is 10.9 Å². The van der Waals surface area contributed by atoms with Crippen LogP contribution < -0.4 is 5.32 Å². The van der Waals surface area contributed by atoms with Gasteiger partial charge in [0.15, 0.2) is 0 Å². The zero-order valence-corrected chi connectivity index (χ0v) is 10.0. The number of carboxylic acid groups (broad SMARTS) is 1. The number of carboxylic acids is 1. The molecule has 0 aliphatic carbocycles. The van der Waals surface area contributed by atoms with Gasteiger partial charge in [0, 0.05) is 11.1 Å². The van der Waals surface area contributed by atoms with Gasteiger partial charge in [-0.3, -0.25) is 5.10 Å². The van der Waals surface area contributed by atoms with Crippen molar-refractivity contribution in [3.8, 4) is 5.88 Å². The van der Waals surface area contributed by atoms with Crippen LogP contribution in [0.2, 0.25) is 0 Å². The van der Waals surface area contributed by atoms with E-state index in [1.807, 2.05) is 6.07 Å². The van der Waals surface area contributed by atoms with E-state index in [2.05, 4.69) is 25.5 Å². The minimum atomic E-state index is -1.28. The summed E-state index contributed by atoms with van der Waals surface area (Å²) in [5.74, 6) is -1.77. The van der Waals surface area contributed by atoms with Gasteiger partial charge in [-0.05, 0) is 18.2 Å². The van der Waals surface area contributed by atoms with E-state index in [1.54, 1.807) is 18.3 Å². The summed E-state index contributed by atoms with van der Waals surface area (Å²) in [6, 6.07) is 5.45. The molecule has 0 radical (unpaired) electrons. The first-order valence-corrected chi connectivity index (χ1v) is 5.63. The number of benzene rings is 1. The fourth-order valence-corrected chi connectivity index (χ4v) is 1.73. The van der Waals surface area contributed by atoms with Crippen LogP contribution in [-0.4, -0.2) is 65.9 Å². The van der Waals surface area contributed by atoms with Gasteiger partial charge in [-0.1, -0.05) is 0 Å². The van der Waals surface area contributed by atoms with E-state index in [0.29, 0.717) is 5.69 Å². The molecule has 21 heavy (non-hydrogen) atoms. The summed E-state index contributed by atoms with van der Waals surface area (Å²) < 4.78 is 0. The number of aromatic carboxylic acids is 1. The molecule has 0 unspecified atom stereocenters. The molecule has 102 valence electrons. The van der Waals surface area contributed by atoms with Crippen LogP contribution in [0.5, 0.6) is 5.88 Å². The van der Waals surface area contributed by atoms with Crippen molar-refractivity contribution in [2.24, 2.45) is 0 Å². The van der Waals surface area contributed by atoms with Gasteiger partial charge in [-0.25, -0.2) is 9.78 Å². The zero-order chi connectivity index (χ0) is 14.1. The Morgan fingerprint density at radius 1 is 1.29 bits per heavy atom. The Hall–Kier alpha value is -2.16. The SMILES string of the molecule is O=C(O)c1cnc(Nc2ccc3cn[nH]c3c2)nc1O.[NaH]. The van der Waals surface area contributed by atoms with Gasteiger partial charge in [0.05, 0.1) is 17.9 Å². The molecule has 2 aromatic heterocycles. The Labute approximate surface area is 140 Å². The number of nitrogens with one attached hydrogen (secondary N) is 2. The maximum atomic E-state index is 10.7. The molecule has 0 aliphatic rings. The Bertz CT molecular complexity index is 804. The average molecular weight is 295 g/mol. The Morgan fingerprint density at radius 2 is 2.10 bits per heavy atom. The van der Waals surface area contributed by atoms with E-state index in [1.165, 1.54) is 0 Å². The maximum absolute atomic E-state index is 10.7. The summed E-state index contributed by atoms with van der Waals surface area (Å²) in [7, 11) is 0. The molecule has 1 aromatic carbocycles. The second-order valence-electron chi connectivity index (χ2n) is 4.03. The minimum absolute atomic E-state index is 0. The molecule has 8 nitrogen and oxygen atoms in total. The first kappa shape index (κ1) is 15.2. The Balaban J connectivity index is 0.00000161. The second kappa shape index (κ2) is 6.08. The van der Waals surface area contributed by atoms with Crippen molar-refractivity contribution in [3.63, 3.8) is 0 Å². The molecule has 0 fully saturated rings. The van der Waals surface area contributed by atoms with Gasteiger partial charge in [0.2, 0.25) is 11.8 Å². The van der Waals surface area contributed by atoms with Gasteiger partial charge >= 0.3 is 35.5 Å². The summed E-state index contributed by atoms with van der Waals surface area (Å²) in [6.45, 7) is 0. The molecule has 0 saturated heterocycles. The fraction of sp³-hybridized carbons (Fsp3) is 0. The normalized spacial score (nSPS) is 10.1. The summed E-state index contributed by atoms with van der Waals surface area (Å²) in [5.41, 5.74) is 1.17. The summed E-state index contributed by atoms with van der Waals surface area (Å²) >= 11 is 0. The number of hydrogen-bond donors (Lipinski definition) is 4. The van der Waals surface area contributed by atoms with E-state index in [-0.39, 0.29) is 41.1 Å². The van der Waals surface area contributed by atoms with Gasteiger partial charge in [0.1, 0.15) is 5.56 Å². The third-order valence-corrected chi connectivity index (χ3v) is 2.70. The molecule has 0 saturated carbocycles. The summed E-state index contributed by atoms with van der Waals surface area (Å²) in [4.78, 5) is 18.3. The average Bonchev–Trinajstić information content (AvgIpc) is 2.85. The van der Waals surface area contributed by atoms with Gasteiger partial charge < -0.3 is 15.5 Å². The molecule has 2 heterocycles. The van der Waals surface area contributed by atoms with E-state index in [9.17, 15) is 9.90 Å². The molecule has 0 spiro atoms. The van der Waals surface area contributed by atoms with Crippen molar-refractivity contribution in [1.82, 2.24) is 20.2 Å². The molecular weight excluding hydrogens is 285 g/mol. The Morgan fingerprint density at radius 3 is 2.81 bits per heavy atom. The van der Waals surface area contributed by atoms with Crippen molar-refractivity contribution in [2.75, 3.05) is 5.32 Å². The third kappa shape index (κ3) is 3.13. The number of fused-ring (bicyclic) bond motifs is 1. The number of H-pyrrole nitrogens is 1. The first-order valence-electron chi connectivity index (χ1n) is 5.63. The number of aromatic nitrogens is 4. The van der Waals surface area contributed by atoms with E-state index < -0.39 is 11.8 Å². The van der Waals surface area contributed by atoms with Gasteiger partial charge in [0.25, 0.3) is 0 Å². The van der Waals surface area contributed by atoms with E-state index >= 15 is 0 Å². The third-order valence-electron chi connectivity index (χ3n) is 2.70. The van der Waals surface area contributed by atoms with Crippen LogP contribution in [0.15, 0.2) is 30.6 Å². The molecule has 0 aliphatic heterocycles. The van der Waals surface area contributed by atoms with Crippen LogP contribution in [0, 0.1) is 0 Å². The molecule has 0 amide bonds. The molecule has 0 atom stereocenters. The number of aromatic amines is 1.